The third kappa shape index (κ3) is 2.91. The van der Waals surface area contributed by atoms with Gasteiger partial charge in [0.05, 0.1) is 0 Å². The number of phenols is 2. The molecule has 0 aromatic heterocycles. The third-order valence-electron chi connectivity index (χ3n) is 3.71. The first kappa shape index (κ1) is 15.9. The number of hydrogen-bond donors (Lipinski definition) is 2. The van der Waals surface area contributed by atoms with Gasteiger partial charge in [0.15, 0.2) is 0 Å². The van der Waals surface area contributed by atoms with Gasteiger partial charge >= 0.3 is 0 Å². The molecule has 0 saturated carbocycles. The molecule has 0 amide bonds. The van der Waals surface area contributed by atoms with Crippen LogP contribution in [0.2, 0.25) is 0 Å². The van der Waals surface area contributed by atoms with Crippen LogP contribution in [0.3, 0.4) is 0 Å². The fraction of sp³-hybridized carbons (Fsp3) is 0.200. The average molecular weight is 294 g/mol. The molecular formula is C20H22O2. The van der Waals surface area contributed by atoms with Gasteiger partial charge in [0.1, 0.15) is 11.5 Å². The van der Waals surface area contributed by atoms with Gasteiger partial charge < -0.3 is 10.2 Å². The second-order valence-electron chi connectivity index (χ2n) is 5.17. The smallest absolute Gasteiger partial charge is 0.123 e. The van der Waals surface area contributed by atoms with Gasteiger partial charge in [-0.05, 0) is 71.8 Å². The summed E-state index contributed by atoms with van der Waals surface area (Å²) in [5, 5.41) is 21.4. The van der Waals surface area contributed by atoms with Crippen molar-refractivity contribution in [3.63, 3.8) is 0 Å². The maximum atomic E-state index is 9.90. The zero-order chi connectivity index (χ0) is 16.3. The summed E-state index contributed by atoms with van der Waals surface area (Å²) in [6.45, 7) is 7.92. The Balaban J connectivity index is 0.000000847. The molecular weight excluding hydrogens is 272 g/mol. The highest BCUT2D eigenvalue weighted by atomic mass is 16.3. The van der Waals surface area contributed by atoms with Crippen molar-refractivity contribution in [2.45, 2.75) is 27.7 Å². The molecule has 0 heterocycles. The molecule has 0 atom stereocenters. The van der Waals surface area contributed by atoms with Crippen molar-refractivity contribution >= 4 is 10.8 Å². The molecule has 0 aliphatic heterocycles. The number of phenolic OH excluding ortho intramolecular Hbond substituents is 2. The molecule has 0 fully saturated rings. The van der Waals surface area contributed by atoms with Crippen molar-refractivity contribution in [3.05, 3.63) is 59.7 Å². The van der Waals surface area contributed by atoms with Crippen LogP contribution in [-0.4, -0.2) is 10.2 Å². The van der Waals surface area contributed by atoms with E-state index in [1.807, 2.05) is 58.0 Å². The highest BCUT2D eigenvalue weighted by Crippen LogP contribution is 2.33. The second kappa shape index (κ2) is 6.52. The van der Waals surface area contributed by atoms with Crippen LogP contribution < -0.4 is 0 Å². The molecule has 3 aromatic carbocycles. The van der Waals surface area contributed by atoms with E-state index in [0.29, 0.717) is 11.5 Å². The van der Waals surface area contributed by atoms with Crippen molar-refractivity contribution in [1.29, 1.82) is 0 Å². The lowest BCUT2D eigenvalue weighted by Gasteiger charge is -2.11. The van der Waals surface area contributed by atoms with Gasteiger partial charge in [-0.15, -0.1) is 0 Å². The maximum Gasteiger partial charge on any atom is 0.123 e. The average Bonchev–Trinajstić information content (AvgIpc) is 2.52. The van der Waals surface area contributed by atoms with Crippen molar-refractivity contribution in [1.82, 2.24) is 0 Å². The van der Waals surface area contributed by atoms with Crippen LogP contribution in [-0.2, 0) is 0 Å². The number of hydrogen-bond acceptors (Lipinski definition) is 2. The molecule has 2 nitrogen and oxygen atoms in total. The molecule has 0 spiro atoms. The quantitative estimate of drug-likeness (QED) is 0.616. The van der Waals surface area contributed by atoms with E-state index in [1.54, 1.807) is 12.1 Å². The standard InChI is InChI=1S/C18H16O2.C2H6/c1-11-9-16-13(4-3-5-18(16)20)10-15(11)14-6-7-17(19)12(2)8-14;1-2/h3-10,19-20H,1-2H3;1-2H3. The van der Waals surface area contributed by atoms with Crippen molar-refractivity contribution in [2.24, 2.45) is 0 Å². The van der Waals surface area contributed by atoms with Crippen molar-refractivity contribution in [2.75, 3.05) is 0 Å². The van der Waals surface area contributed by atoms with Gasteiger partial charge in [0, 0.05) is 5.39 Å². The third-order valence-corrected chi connectivity index (χ3v) is 3.71. The van der Waals surface area contributed by atoms with Crippen LogP contribution in [0.4, 0.5) is 0 Å². The number of rotatable bonds is 1. The Morgan fingerprint density at radius 1 is 0.727 bits per heavy atom. The first-order chi connectivity index (χ1) is 10.6. The highest BCUT2D eigenvalue weighted by Gasteiger charge is 2.08. The summed E-state index contributed by atoms with van der Waals surface area (Å²) in [6.07, 6.45) is 0. The minimum Gasteiger partial charge on any atom is -0.508 e. The predicted octanol–water partition coefficient (Wildman–Crippen LogP) is 5.56. The zero-order valence-corrected chi connectivity index (χ0v) is 13.5. The Hall–Kier alpha value is -2.48. The van der Waals surface area contributed by atoms with Crippen LogP contribution in [0.5, 0.6) is 11.5 Å². The lowest BCUT2D eigenvalue weighted by molar-refractivity contribution is 0.471. The largest absolute Gasteiger partial charge is 0.508 e. The van der Waals surface area contributed by atoms with E-state index in [2.05, 4.69) is 6.07 Å². The lowest BCUT2D eigenvalue weighted by Crippen LogP contribution is -1.86. The van der Waals surface area contributed by atoms with E-state index in [9.17, 15) is 10.2 Å². The Morgan fingerprint density at radius 2 is 1.45 bits per heavy atom. The first-order valence-electron chi connectivity index (χ1n) is 7.58. The molecule has 114 valence electrons. The summed E-state index contributed by atoms with van der Waals surface area (Å²) in [4.78, 5) is 0. The Labute approximate surface area is 131 Å². The summed E-state index contributed by atoms with van der Waals surface area (Å²) < 4.78 is 0. The molecule has 0 aliphatic carbocycles. The highest BCUT2D eigenvalue weighted by molar-refractivity contribution is 5.93. The molecule has 2 heteroatoms. The van der Waals surface area contributed by atoms with Crippen LogP contribution in [0.1, 0.15) is 25.0 Å². The molecule has 3 rings (SSSR count). The van der Waals surface area contributed by atoms with E-state index in [0.717, 1.165) is 33.0 Å². The fourth-order valence-electron chi connectivity index (χ4n) is 2.55. The SMILES string of the molecule is CC.Cc1cc(-c2cc3cccc(O)c3cc2C)ccc1O. The monoisotopic (exact) mass is 294 g/mol. The maximum absolute atomic E-state index is 9.90. The van der Waals surface area contributed by atoms with Crippen molar-refractivity contribution in [3.8, 4) is 22.6 Å². The molecule has 0 bridgehead atoms. The number of aromatic hydroxyl groups is 2. The first-order valence-corrected chi connectivity index (χ1v) is 7.58. The molecule has 0 aliphatic rings. The van der Waals surface area contributed by atoms with Crippen LogP contribution in [0.25, 0.3) is 21.9 Å². The topological polar surface area (TPSA) is 40.5 Å². The van der Waals surface area contributed by atoms with Gasteiger partial charge in [-0.1, -0.05) is 32.0 Å². The number of fused-ring (bicyclic) bond motifs is 1. The van der Waals surface area contributed by atoms with Gasteiger partial charge in [0.2, 0.25) is 0 Å². The fourth-order valence-corrected chi connectivity index (χ4v) is 2.55. The van der Waals surface area contributed by atoms with Gasteiger partial charge in [-0.3, -0.25) is 0 Å². The normalized spacial score (nSPS) is 10.2. The minimum atomic E-state index is 0.305. The Kier molecular flexibility index (Phi) is 4.71. The molecule has 0 saturated heterocycles. The zero-order valence-electron chi connectivity index (χ0n) is 13.5. The van der Waals surface area contributed by atoms with Gasteiger partial charge in [-0.25, -0.2) is 0 Å². The van der Waals surface area contributed by atoms with Crippen LogP contribution in [0, 0.1) is 13.8 Å². The summed E-state index contributed by atoms with van der Waals surface area (Å²) in [5.74, 6) is 0.615. The van der Waals surface area contributed by atoms with Gasteiger partial charge in [0.25, 0.3) is 0 Å². The summed E-state index contributed by atoms with van der Waals surface area (Å²) in [6, 6.07) is 15.2. The van der Waals surface area contributed by atoms with E-state index >= 15 is 0 Å². The van der Waals surface area contributed by atoms with E-state index in [-0.39, 0.29) is 0 Å². The number of aryl methyl sites for hydroxylation is 2. The molecule has 2 N–H and O–H groups in total. The number of benzene rings is 3. The Bertz CT molecular complexity index is 804. The van der Waals surface area contributed by atoms with E-state index < -0.39 is 0 Å². The molecule has 0 radical (unpaired) electrons. The van der Waals surface area contributed by atoms with Gasteiger partial charge in [-0.2, -0.15) is 0 Å². The molecule has 22 heavy (non-hydrogen) atoms. The van der Waals surface area contributed by atoms with E-state index in [1.165, 1.54) is 0 Å². The molecule has 0 unspecified atom stereocenters. The van der Waals surface area contributed by atoms with E-state index in [4.69, 9.17) is 0 Å². The van der Waals surface area contributed by atoms with Crippen molar-refractivity contribution < 1.29 is 10.2 Å². The predicted molar refractivity (Wildman–Crippen MR) is 93.5 cm³/mol. The summed E-state index contributed by atoms with van der Waals surface area (Å²) >= 11 is 0. The van der Waals surface area contributed by atoms with Crippen LogP contribution in [0.15, 0.2) is 48.5 Å². The Morgan fingerprint density at radius 3 is 2.14 bits per heavy atom. The minimum absolute atomic E-state index is 0.305. The van der Waals surface area contributed by atoms with Crippen LogP contribution >= 0.6 is 0 Å². The summed E-state index contributed by atoms with van der Waals surface area (Å²) in [5.41, 5.74) is 4.15. The lowest BCUT2D eigenvalue weighted by atomic mass is 9.95. The molecule has 3 aromatic rings. The summed E-state index contributed by atoms with van der Waals surface area (Å²) in [7, 11) is 0. The second-order valence-corrected chi connectivity index (χ2v) is 5.17.